The third-order valence-electron chi connectivity index (χ3n) is 6.48. The molecule has 0 saturated heterocycles. The molecule has 40 heavy (non-hydrogen) atoms. The minimum Gasteiger partial charge on any atom is -0.454 e. The molecule has 5 aromatic rings. The lowest BCUT2D eigenvalue weighted by atomic mass is 10.2. The molecule has 9 heteroatoms. The molecule has 0 bridgehead atoms. The third kappa shape index (κ3) is 5.89. The van der Waals surface area contributed by atoms with Gasteiger partial charge in [-0.1, -0.05) is 82.9 Å². The number of anilines is 2. The zero-order chi connectivity index (χ0) is 27.3. The van der Waals surface area contributed by atoms with E-state index in [0.29, 0.717) is 23.1 Å². The van der Waals surface area contributed by atoms with Gasteiger partial charge >= 0.3 is 0 Å². The molecule has 0 amide bonds. The Labute approximate surface area is 240 Å². The van der Waals surface area contributed by atoms with Gasteiger partial charge in [-0.3, -0.25) is 0 Å². The highest BCUT2D eigenvalue weighted by atomic mass is 35.5. The molecule has 2 N–H and O–H groups in total. The fourth-order valence-electron chi connectivity index (χ4n) is 4.60. The van der Waals surface area contributed by atoms with Crippen LogP contribution in [0.25, 0.3) is 11.0 Å². The number of hydrogen-bond donors (Lipinski definition) is 2. The summed E-state index contributed by atoms with van der Waals surface area (Å²) in [6.45, 7) is 1.28. The van der Waals surface area contributed by atoms with Crippen LogP contribution in [-0.4, -0.2) is 35.9 Å². The number of fused-ring (bicyclic) bond motifs is 1. The van der Waals surface area contributed by atoms with E-state index in [9.17, 15) is 5.11 Å². The van der Waals surface area contributed by atoms with E-state index in [2.05, 4.69) is 79.7 Å². The lowest BCUT2D eigenvalue weighted by molar-refractivity contribution is 0.278. The summed E-state index contributed by atoms with van der Waals surface area (Å²) in [5.74, 6) is 2.90. The van der Waals surface area contributed by atoms with Crippen LogP contribution in [0.3, 0.4) is 0 Å². The standard InChI is InChI=1S/C31H28ClN5O2S/c32-27-17-25(35-31-30-28(33-22-34-31)13-14-36(30)15-16-38)11-12-29(27)39-26-19-37(18-23-7-3-1-4-8-23)40(21-26)20-24-9-5-2-6-10-24/h1-14,17,19,21-22,38H,15-16,18,20H2,(H,33,34,35). The Morgan fingerprint density at radius 1 is 0.925 bits per heavy atom. The lowest BCUT2D eigenvalue weighted by Gasteiger charge is -2.21. The van der Waals surface area contributed by atoms with Gasteiger partial charge in [-0.15, -0.1) is 0 Å². The fourth-order valence-corrected chi connectivity index (χ4v) is 6.67. The molecule has 1 atom stereocenters. The van der Waals surface area contributed by atoms with E-state index in [1.165, 1.54) is 17.5 Å². The summed E-state index contributed by atoms with van der Waals surface area (Å²) in [7, 11) is -0.171. The number of ether oxygens (including phenoxy) is 1. The van der Waals surface area contributed by atoms with Crippen LogP contribution in [0, 0.1) is 0 Å². The predicted molar refractivity (Wildman–Crippen MR) is 164 cm³/mol. The van der Waals surface area contributed by atoms with Crippen molar-refractivity contribution in [3.8, 4) is 5.75 Å². The van der Waals surface area contributed by atoms with E-state index >= 15 is 0 Å². The summed E-state index contributed by atoms with van der Waals surface area (Å²) >= 11 is 6.70. The van der Waals surface area contributed by atoms with Crippen molar-refractivity contribution < 1.29 is 9.84 Å². The molecule has 0 saturated carbocycles. The molecular formula is C31H28ClN5O2S. The van der Waals surface area contributed by atoms with Crippen LogP contribution < -0.4 is 10.1 Å². The zero-order valence-electron chi connectivity index (χ0n) is 21.7. The van der Waals surface area contributed by atoms with Crippen LogP contribution in [0.15, 0.2) is 109 Å². The average molecular weight is 570 g/mol. The molecule has 0 aliphatic carbocycles. The number of hydrogen-bond acceptors (Lipinski definition) is 6. The van der Waals surface area contributed by atoms with Gasteiger partial charge in [0.15, 0.2) is 11.6 Å². The fraction of sp³-hybridized carbons (Fsp3) is 0.129. The molecule has 1 unspecified atom stereocenters. The van der Waals surface area contributed by atoms with Gasteiger partial charge in [0.25, 0.3) is 0 Å². The Balaban J connectivity index is 1.22. The van der Waals surface area contributed by atoms with Crippen molar-refractivity contribution in [2.75, 3.05) is 11.9 Å². The molecular weight excluding hydrogens is 542 g/mol. The first-order chi connectivity index (χ1) is 19.7. The van der Waals surface area contributed by atoms with Crippen molar-refractivity contribution >= 4 is 50.2 Å². The largest absolute Gasteiger partial charge is 0.454 e. The van der Waals surface area contributed by atoms with E-state index in [4.69, 9.17) is 16.3 Å². The summed E-state index contributed by atoms with van der Waals surface area (Å²) in [5, 5.41) is 15.4. The third-order valence-corrected chi connectivity index (χ3v) is 8.74. The Bertz CT molecular complexity index is 1690. The molecule has 3 aromatic carbocycles. The quantitative estimate of drug-likeness (QED) is 0.181. The molecule has 202 valence electrons. The highest BCUT2D eigenvalue weighted by molar-refractivity contribution is 8.12. The topological polar surface area (TPSA) is 75.4 Å². The maximum absolute atomic E-state index is 9.42. The Morgan fingerprint density at radius 2 is 1.70 bits per heavy atom. The van der Waals surface area contributed by atoms with E-state index in [0.717, 1.165) is 34.8 Å². The summed E-state index contributed by atoms with van der Waals surface area (Å²) in [6, 6.07) is 28.5. The summed E-state index contributed by atoms with van der Waals surface area (Å²) in [5.41, 5.74) is 4.92. The number of nitrogens with one attached hydrogen (secondary N) is 1. The normalized spacial score (nSPS) is 14.7. The number of benzene rings is 3. The van der Waals surface area contributed by atoms with E-state index in [-0.39, 0.29) is 17.3 Å². The average Bonchev–Trinajstić information content (AvgIpc) is 3.55. The van der Waals surface area contributed by atoms with Crippen molar-refractivity contribution in [2.45, 2.75) is 18.8 Å². The predicted octanol–water partition coefficient (Wildman–Crippen LogP) is 6.74. The molecule has 7 nitrogen and oxygen atoms in total. The summed E-state index contributed by atoms with van der Waals surface area (Å²) in [4.78, 5) is 8.75. The number of allylic oxidation sites excluding steroid dienone is 1. The smallest absolute Gasteiger partial charge is 0.158 e. The number of nitrogens with zero attached hydrogens (tertiary/aromatic N) is 4. The molecule has 1 aliphatic rings. The minimum absolute atomic E-state index is 0.0262. The van der Waals surface area contributed by atoms with Gasteiger partial charge in [0, 0.05) is 29.5 Å². The highest BCUT2D eigenvalue weighted by Crippen LogP contribution is 2.36. The molecule has 3 heterocycles. The minimum atomic E-state index is -0.171. The van der Waals surface area contributed by atoms with Gasteiger partial charge in [0.05, 0.1) is 29.9 Å². The first-order valence-corrected chi connectivity index (χ1v) is 14.7. The second-order valence-corrected chi connectivity index (χ2v) is 11.5. The molecule has 2 aromatic heterocycles. The first kappa shape index (κ1) is 26.1. The zero-order valence-corrected chi connectivity index (χ0v) is 23.2. The molecule has 6 rings (SSSR count). The maximum Gasteiger partial charge on any atom is 0.158 e. The van der Waals surface area contributed by atoms with E-state index in [1.807, 2.05) is 47.2 Å². The van der Waals surface area contributed by atoms with Crippen molar-refractivity contribution in [3.63, 3.8) is 0 Å². The van der Waals surface area contributed by atoms with Crippen molar-refractivity contribution in [3.05, 3.63) is 126 Å². The van der Waals surface area contributed by atoms with Crippen molar-refractivity contribution in [2.24, 2.45) is 0 Å². The first-order valence-electron chi connectivity index (χ1n) is 12.9. The van der Waals surface area contributed by atoms with Crippen molar-refractivity contribution in [1.82, 2.24) is 18.8 Å². The van der Waals surface area contributed by atoms with Crippen LogP contribution in [0.1, 0.15) is 11.1 Å². The van der Waals surface area contributed by atoms with E-state index < -0.39 is 0 Å². The van der Waals surface area contributed by atoms with Crippen LogP contribution in [0.5, 0.6) is 5.75 Å². The number of aliphatic hydroxyl groups excluding tert-OH is 1. The highest BCUT2D eigenvalue weighted by Gasteiger charge is 2.18. The summed E-state index contributed by atoms with van der Waals surface area (Å²) < 4.78 is 10.6. The van der Waals surface area contributed by atoms with Gasteiger partial charge in [0.1, 0.15) is 17.6 Å². The molecule has 1 aliphatic heterocycles. The maximum atomic E-state index is 9.42. The Hall–Kier alpha value is -4.11. The van der Waals surface area contributed by atoms with Crippen molar-refractivity contribution in [1.29, 1.82) is 0 Å². The van der Waals surface area contributed by atoms with Gasteiger partial charge < -0.3 is 24.0 Å². The van der Waals surface area contributed by atoms with Gasteiger partial charge in [-0.2, -0.15) is 0 Å². The molecule has 0 fully saturated rings. The van der Waals surface area contributed by atoms with Crippen LogP contribution in [0.4, 0.5) is 11.5 Å². The van der Waals surface area contributed by atoms with Gasteiger partial charge in [0.2, 0.25) is 0 Å². The Kier molecular flexibility index (Phi) is 7.81. The van der Waals surface area contributed by atoms with E-state index in [1.54, 1.807) is 0 Å². The molecule has 0 spiro atoms. The SMILES string of the molecule is OCCn1ccc2ncnc(Nc3ccc(OC4=CN(Cc5ccccc5)S(Cc5ccccc5)=C4)c(Cl)c3)c21. The number of aliphatic hydroxyl groups is 1. The summed E-state index contributed by atoms with van der Waals surface area (Å²) in [6.07, 6.45) is 5.49. The lowest BCUT2D eigenvalue weighted by Crippen LogP contribution is -2.09. The number of halogens is 1. The molecule has 0 radical (unpaired) electrons. The van der Waals surface area contributed by atoms with Crippen LogP contribution in [-0.2, 0) is 18.8 Å². The number of aromatic nitrogens is 3. The second-order valence-electron chi connectivity index (χ2n) is 9.30. The van der Waals surface area contributed by atoms with Crippen LogP contribution >= 0.6 is 22.3 Å². The number of rotatable bonds is 10. The van der Waals surface area contributed by atoms with Crippen LogP contribution in [0.2, 0.25) is 5.02 Å². The van der Waals surface area contributed by atoms with Gasteiger partial charge in [-0.05, 0) is 35.4 Å². The monoisotopic (exact) mass is 569 g/mol. The second kappa shape index (κ2) is 12.0. The Morgan fingerprint density at radius 3 is 2.45 bits per heavy atom. The van der Waals surface area contributed by atoms with Gasteiger partial charge in [-0.25, -0.2) is 9.97 Å².